The Labute approximate surface area is 137 Å². The minimum atomic E-state index is -1.22. The number of carbonyl (C=O) groups is 2. The van der Waals surface area contributed by atoms with Gasteiger partial charge in [-0.05, 0) is 24.9 Å². The molecule has 2 bridgehead atoms. The fourth-order valence-corrected chi connectivity index (χ4v) is 3.46. The summed E-state index contributed by atoms with van der Waals surface area (Å²) in [4.78, 5) is 29.5. The van der Waals surface area contributed by atoms with Crippen LogP contribution in [0.4, 0.5) is 0 Å². The zero-order valence-electron chi connectivity index (χ0n) is 12.8. The number of aromatic nitrogens is 1. The van der Waals surface area contributed by atoms with Crippen molar-refractivity contribution in [1.82, 2.24) is 15.2 Å². The summed E-state index contributed by atoms with van der Waals surface area (Å²) in [6, 6.07) is 1.76. The van der Waals surface area contributed by atoms with Gasteiger partial charge in [0.1, 0.15) is 12.0 Å². The number of aliphatic carboxylic acids is 1. The van der Waals surface area contributed by atoms with Crippen LogP contribution < -0.4 is 5.32 Å². The van der Waals surface area contributed by atoms with Crippen LogP contribution in [-0.4, -0.2) is 52.5 Å². The van der Waals surface area contributed by atoms with Crippen LogP contribution in [0, 0.1) is 17.8 Å². The largest absolute Gasteiger partial charge is 0.472 e. The molecule has 4 heterocycles. The predicted molar refractivity (Wildman–Crippen MR) is 84.3 cm³/mol. The zero-order valence-corrected chi connectivity index (χ0v) is 12.8. The Bertz CT molecular complexity index is 892. The lowest BCUT2D eigenvalue weighted by molar-refractivity contribution is -0.130. The van der Waals surface area contributed by atoms with Crippen LogP contribution in [0.15, 0.2) is 22.9 Å². The van der Waals surface area contributed by atoms with Gasteiger partial charge in [-0.15, -0.1) is 0 Å². The van der Waals surface area contributed by atoms with E-state index >= 15 is 0 Å². The number of carboxylic acid groups (broad SMARTS) is 1. The summed E-state index contributed by atoms with van der Waals surface area (Å²) >= 11 is 0. The summed E-state index contributed by atoms with van der Waals surface area (Å²) in [6.07, 6.45) is 3.95. The number of amides is 1. The molecule has 122 valence electrons. The highest BCUT2D eigenvalue weighted by Crippen LogP contribution is 2.28. The van der Waals surface area contributed by atoms with E-state index in [1.807, 2.05) is 5.92 Å². The van der Waals surface area contributed by atoms with Gasteiger partial charge in [0.25, 0.3) is 5.91 Å². The van der Waals surface area contributed by atoms with Gasteiger partial charge in [0, 0.05) is 30.4 Å². The fourth-order valence-electron chi connectivity index (χ4n) is 3.46. The second kappa shape index (κ2) is 5.65. The van der Waals surface area contributed by atoms with Crippen LogP contribution in [0.25, 0.3) is 11.0 Å². The van der Waals surface area contributed by atoms with E-state index in [0.29, 0.717) is 22.5 Å². The molecule has 2 fully saturated rings. The highest BCUT2D eigenvalue weighted by atomic mass is 16.4. The first-order valence-corrected chi connectivity index (χ1v) is 7.75. The van der Waals surface area contributed by atoms with Crippen molar-refractivity contribution in [2.75, 3.05) is 19.6 Å². The summed E-state index contributed by atoms with van der Waals surface area (Å²) in [5, 5.41) is 12.3. The lowest BCUT2D eigenvalue weighted by Crippen LogP contribution is -2.43. The maximum Gasteiger partial charge on any atom is 0.382 e. The number of furan rings is 1. The van der Waals surface area contributed by atoms with Crippen LogP contribution >= 0.6 is 0 Å². The predicted octanol–water partition coefficient (Wildman–Crippen LogP) is 0.698. The van der Waals surface area contributed by atoms with E-state index in [1.165, 1.54) is 12.5 Å². The molecule has 2 aliphatic rings. The van der Waals surface area contributed by atoms with Gasteiger partial charge in [0.2, 0.25) is 0 Å². The molecule has 0 aliphatic carbocycles. The highest BCUT2D eigenvalue weighted by Gasteiger charge is 2.38. The Morgan fingerprint density at radius 1 is 1.42 bits per heavy atom. The van der Waals surface area contributed by atoms with Crippen LogP contribution in [-0.2, 0) is 4.79 Å². The quantitative estimate of drug-likeness (QED) is 0.789. The van der Waals surface area contributed by atoms with Gasteiger partial charge in [-0.25, -0.2) is 9.78 Å². The molecular weight excluding hydrogens is 310 g/mol. The average molecular weight is 325 g/mol. The van der Waals surface area contributed by atoms with Crippen LogP contribution in [0.1, 0.15) is 22.5 Å². The zero-order chi connectivity index (χ0) is 16.7. The monoisotopic (exact) mass is 325 g/mol. The number of rotatable bonds is 2. The maximum absolute atomic E-state index is 12.5. The molecule has 2 saturated heterocycles. The van der Waals surface area contributed by atoms with E-state index in [9.17, 15) is 9.59 Å². The molecule has 2 aromatic rings. The lowest BCUT2D eigenvalue weighted by atomic mass is 10.00. The van der Waals surface area contributed by atoms with Gasteiger partial charge >= 0.3 is 5.97 Å². The normalized spacial score (nSPS) is 24.6. The Kier molecular flexibility index (Phi) is 3.47. The maximum atomic E-state index is 12.5. The highest BCUT2D eigenvalue weighted by molar-refractivity contribution is 5.97. The van der Waals surface area contributed by atoms with E-state index in [2.05, 4.69) is 21.1 Å². The number of carboxylic acids is 1. The van der Waals surface area contributed by atoms with Crippen molar-refractivity contribution >= 4 is 22.8 Å². The molecule has 24 heavy (non-hydrogen) atoms. The smallest absolute Gasteiger partial charge is 0.382 e. The van der Waals surface area contributed by atoms with Crippen molar-refractivity contribution in [3.8, 4) is 11.8 Å². The number of nitrogens with zero attached hydrogens (tertiary/aromatic N) is 2. The van der Waals surface area contributed by atoms with E-state index in [-0.39, 0.29) is 17.6 Å². The number of pyridine rings is 1. The second-order valence-corrected chi connectivity index (χ2v) is 6.16. The SMILES string of the molecule is O=C(O)C#Cc1coc2cnc(C(=O)NC3CN4CCC3C4)cc12. The number of piperidine rings is 1. The first-order chi connectivity index (χ1) is 11.6. The number of fused-ring (bicyclic) bond motifs is 3. The standard InChI is InChI=1S/C17H15N3O4/c21-16(22)2-1-11-9-24-15-6-18-13(5-12(11)15)17(23)19-14-8-20-4-3-10(14)7-20/h5-6,9-10,14H,3-4,7-8H2,(H,19,23)(H,21,22). The van der Waals surface area contributed by atoms with E-state index in [0.717, 1.165) is 26.1 Å². The third-order valence-corrected chi connectivity index (χ3v) is 4.65. The van der Waals surface area contributed by atoms with Crippen LogP contribution in [0.3, 0.4) is 0 Å². The summed E-state index contributed by atoms with van der Waals surface area (Å²) in [7, 11) is 0. The molecule has 2 N–H and O–H groups in total. The molecule has 4 rings (SSSR count). The molecule has 7 nitrogen and oxygen atoms in total. The van der Waals surface area contributed by atoms with Gasteiger partial charge in [-0.2, -0.15) is 0 Å². The Morgan fingerprint density at radius 2 is 2.29 bits per heavy atom. The second-order valence-electron chi connectivity index (χ2n) is 6.16. The molecule has 2 aliphatic heterocycles. The van der Waals surface area contributed by atoms with Crippen molar-refractivity contribution in [3.05, 3.63) is 29.8 Å². The van der Waals surface area contributed by atoms with Crippen LogP contribution in [0.5, 0.6) is 0 Å². The molecule has 2 aromatic heterocycles. The summed E-state index contributed by atoms with van der Waals surface area (Å²) in [5.41, 5.74) is 1.17. The fraction of sp³-hybridized carbons (Fsp3) is 0.353. The van der Waals surface area contributed by atoms with Crippen molar-refractivity contribution in [2.45, 2.75) is 12.5 Å². The molecule has 3 unspecified atom stereocenters. The lowest BCUT2D eigenvalue weighted by Gasteiger charge is -2.22. The van der Waals surface area contributed by atoms with Crippen molar-refractivity contribution in [3.63, 3.8) is 0 Å². The van der Waals surface area contributed by atoms with Crippen molar-refractivity contribution in [2.24, 2.45) is 5.92 Å². The number of hydrogen-bond donors (Lipinski definition) is 2. The molecule has 1 amide bonds. The molecule has 0 saturated carbocycles. The van der Waals surface area contributed by atoms with Crippen molar-refractivity contribution in [1.29, 1.82) is 0 Å². The number of nitrogens with one attached hydrogen (secondary N) is 1. The number of carbonyl (C=O) groups excluding carboxylic acids is 1. The van der Waals surface area contributed by atoms with Crippen molar-refractivity contribution < 1.29 is 19.1 Å². The summed E-state index contributed by atoms with van der Waals surface area (Å²) in [6.45, 7) is 3.05. The first kappa shape index (κ1) is 14.7. The van der Waals surface area contributed by atoms with Gasteiger partial charge in [0.15, 0.2) is 5.58 Å². The Balaban J connectivity index is 1.58. The van der Waals surface area contributed by atoms with Crippen LogP contribution in [0.2, 0.25) is 0 Å². The average Bonchev–Trinajstić information content (AvgIpc) is 3.27. The molecule has 7 heteroatoms. The minimum Gasteiger partial charge on any atom is -0.472 e. The Hall–Kier alpha value is -2.85. The molecule has 0 spiro atoms. The molecule has 0 aromatic carbocycles. The number of hydrogen-bond acceptors (Lipinski definition) is 5. The molecule has 0 radical (unpaired) electrons. The first-order valence-electron chi connectivity index (χ1n) is 7.75. The minimum absolute atomic E-state index is 0.166. The van der Waals surface area contributed by atoms with E-state index in [1.54, 1.807) is 6.07 Å². The van der Waals surface area contributed by atoms with E-state index < -0.39 is 5.97 Å². The van der Waals surface area contributed by atoms with Gasteiger partial charge in [-0.3, -0.25) is 4.79 Å². The molecular formula is C17H15N3O4. The topological polar surface area (TPSA) is 95.7 Å². The third kappa shape index (κ3) is 2.61. The summed E-state index contributed by atoms with van der Waals surface area (Å²) in [5.74, 6) is 3.63. The van der Waals surface area contributed by atoms with E-state index in [4.69, 9.17) is 9.52 Å². The van der Waals surface area contributed by atoms with Gasteiger partial charge in [-0.1, -0.05) is 5.92 Å². The molecule has 3 atom stereocenters. The van der Waals surface area contributed by atoms with Gasteiger partial charge < -0.3 is 19.7 Å². The Morgan fingerprint density at radius 3 is 3.00 bits per heavy atom. The third-order valence-electron chi connectivity index (χ3n) is 4.65. The van der Waals surface area contributed by atoms with Gasteiger partial charge in [0.05, 0.1) is 11.8 Å². The summed E-state index contributed by atoms with van der Waals surface area (Å²) < 4.78 is 5.29.